The van der Waals surface area contributed by atoms with E-state index in [9.17, 15) is 25.0 Å². The Hall–Kier alpha value is -4.53. The van der Waals surface area contributed by atoms with Crippen molar-refractivity contribution >= 4 is 72.0 Å². The maximum absolute atomic E-state index is 13.1. The Bertz CT molecular complexity index is 1710. The lowest BCUT2D eigenvalue weighted by molar-refractivity contribution is -0.384. The first-order valence-electron chi connectivity index (χ1n) is 11.2. The molecular weight excluding hydrogens is 634 g/mol. The van der Waals surface area contributed by atoms with Crippen LogP contribution in [-0.2, 0) is 4.79 Å². The first kappa shape index (κ1) is 27.5. The highest BCUT2D eigenvalue weighted by molar-refractivity contribution is 9.11. The number of ether oxygens (including phenoxy) is 2. The van der Waals surface area contributed by atoms with E-state index in [-0.39, 0.29) is 32.9 Å². The second-order valence-electron chi connectivity index (χ2n) is 8.00. The van der Waals surface area contributed by atoms with Gasteiger partial charge in [-0.2, -0.15) is 5.26 Å². The van der Waals surface area contributed by atoms with Gasteiger partial charge in [-0.15, -0.1) is 0 Å². The van der Waals surface area contributed by atoms with Crippen molar-refractivity contribution in [1.82, 2.24) is 0 Å². The van der Waals surface area contributed by atoms with Crippen molar-refractivity contribution in [1.29, 1.82) is 5.26 Å². The van der Waals surface area contributed by atoms with E-state index < -0.39 is 16.8 Å². The third-order valence-corrected chi connectivity index (χ3v) is 6.79. The summed E-state index contributed by atoms with van der Waals surface area (Å²) in [5, 5.41) is 24.7. The van der Waals surface area contributed by atoms with Crippen LogP contribution in [0.5, 0.6) is 11.5 Å². The van der Waals surface area contributed by atoms with Gasteiger partial charge in [0, 0.05) is 16.6 Å². The quantitative estimate of drug-likeness (QED) is 0.0566. The average molecular weight is 651 g/mol. The predicted octanol–water partition coefficient (Wildman–Crippen LogP) is 7.05. The lowest BCUT2D eigenvalue weighted by atomic mass is 10.0. The molecule has 0 aromatic heterocycles. The van der Waals surface area contributed by atoms with Crippen LogP contribution in [0.4, 0.5) is 11.4 Å². The summed E-state index contributed by atoms with van der Waals surface area (Å²) in [6.07, 6.45) is 1.33. The number of halogens is 2. The zero-order chi connectivity index (χ0) is 28.1. The minimum absolute atomic E-state index is 0.130. The molecule has 4 rings (SSSR count). The summed E-state index contributed by atoms with van der Waals surface area (Å²) in [7, 11) is 1.40. The summed E-state index contributed by atoms with van der Waals surface area (Å²) in [5.74, 6) is -0.987. The minimum Gasteiger partial charge on any atom is -0.493 e. The van der Waals surface area contributed by atoms with Gasteiger partial charge in [-0.3, -0.25) is 14.9 Å². The van der Waals surface area contributed by atoms with Crippen LogP contribution in [0, 0.1) is 21.4 Å². The number of nitriles is 1. The molecular formula is C28H17Br2N3O6. The van der Waals surface area contributed by atoms with Crippen molar-refractivity contribution in [3.63, 3.8) is 0 Å². The van der Waals surface area contributed by atoms with Crippen LogP contribution >= 0.6 is 31.9 Å². The molecule has 0 atom stereocenters. The first-order valence-corrected chi connectivity index (χ1v) is 12.7. The molecule has 0 heterocycles. The van der Waals surface area contributed by atoms with Gasteiger partial charge in [0.25, 0.3) is 11.6 Å². The largest absolute Gasteiger partial charge is 0.493 e. The van der Waals surface area contributed by atoms with Crippen molar-refractivity contribution in [2.24, 2.45) is 0 Å². The lowest BCUT2D eigenvalue weighted by Crippen LogP contribution is -2.14. The molecule has 0 saturated carbocycles. The maximum Gasteiger partial charge on any atom is 0.344 e. The summed E-state index contributed by atoms with van der Waals surface area (Å²) >= 11 is 6.57. The number of esters is 1. The number of benzene rings is 4. The molecule has 0 unspecified atom stereocenters. The van der Waals surface area contributed by atoms with Crippen LogP contribution < -0.4 is 14.8 Å². The number of fused-ring (bicyclic) bond motifs is 1. The van der Waals surface area contributed by atoms with Gasteiger partial charge in [0.15, 0.2) is 11.5 Å². The molecule has 1 N–H and O–H groups in total. The number of non-ortho nitro benzene ring substituents is 1. The van der Waals surface area contributed by atoms with E-state index in [1.54, 1.807) is 18.2 Å². The maximum atomic E-state index is 13.1. The van der Waals surface area contributed by atoms with Crippen LogP contribution in [0.3, 0.4) is 0 Å². The number of carbonyl (C=O) groups is 2. The Kier molecular flexibility index (Phi) is 8.39. The highest BCUT2D eigenvalue weighted by Crippen LogP contribution is 2.38. The Balaban J connectivity index is 1.60. The number of amides is 1. The summed E-state index contributed by atoms with van der Waals surface area (Å²) in [6.45, 7) is 0. The molecule has 0 spiro atoms. The van der Waals surface area contributed by atoms with Crippen LogP contribution in [0.2, 0.25) is 0 Å². The molecule has 4 aromatic rings. The van der Waals surface area contributed by atoms with E-state index in [2.05, 4.69) is 37.2 Å². The second-order valence-corrected chi connectivity index (χ2v) is 9.70. The average Bonchev–Trinajstić information content (AvgIpc) is 2.93. The zero-order valence-corrected chi connectivity index (χ0v) is 23.3. The Morgan fingerprint density at radius 2 is 1.77 bits per heavy atom. The van der Waals surface area contributed by atoms with E-state index in [0.29, 0.717) is 15.6 Å². The van der Waals surface area contributed by atoms with Gasteiger partial charge >= 0.3 is 5.97 Å². The third kappa shape index (κ3) is 6.14. The van der Waals surface area contributed by atoms with Gasteiger partial charge in [0.1, 0.15) is 11.6 Å². The SMILES string of the molecule is COc1cc(/C=C(/C#N)C(=O)Nc2ccc([N+](=O)[O-])cc2Br)cc(Br)c1OC(=O)c1cccc2ccccc12. The molecule has 0 saturated heterocycles. The Labute approximate surface area is 239 Å². The number of nitrogens with one attached hydrogen (secondary N) is 1. The molecule has 194 valence electrons. The standard InChI is InChI=1S/C28H17Br2N3O6/c1-38-25-13-16(11-18(15-31)27(34)32-24-10-9-19(33(36)37)14-22(24)29)12-23(30)26(25)39-28(35)21-8-4-6-17-5-2-3-7-20(17)21/h2-14H,1H3,(H,32,34)/b18-11-. The second kappa shape index (κ2) is 11.9. The molecule has 11 heteroatoms. The third-order valence-electron chi connectivity index (χ3n) is 5.54. The molecule has 39 heavy (non-hydrogen) atoms. The normalized spacial score (nSPS) is 11.0. The first-order chi connectivity index (χ1) is 18.7. The van der Waals surface area contributed by atoms with Crippen LogP contribution in [0.25, 0.3) is 16.8 Å². The number of carbonyl (C=O) groups excluding carboxylic acids is 2. The molecule has 4 aromatic carbocycles. The Morgan fingerprint density at radius 1 is 1.03 bits per heavy atom. The van der Waals surface area contributed by atoms with Gasteiger partial charge in [0.2, 0.25) is 0 Å². The monoisotopic (exact) mass is 649 g/mol. The van der Waals surface area contributed by atoms with E-state index in [1.165, 1.54) is 37.5 Å². The predicted molar refractivity (Wildman–Crippen MR) is 153 cm³/mol. The molecule has 0 aliphatic carbocycles. The van der Waals surface area contributed by atoms with Gasteiger partial charge in [0.05, 0.1) is 27.8 Å². The van der Waals surface area contributed by atoms with E-state index >= 15 is 0 Å². The summed E-state index contributed by atoms with van der Waals surface area (Å²) in [4.78, 5) is 36.2. The molecule has 9 nitrogen and oxygen atoms in total. The van der Waals surface area contributed by atoms with Crippen molar-refractivity contribution in [2.75, 3.05) is 12.4 Å². The van der Waals surface area contributed by atoms with E-state index in [1.807, 2.05) is 36.4 Å². The highest BCUT2D eigenvalue weighted by atomic mass is 79.9. The topological polar surface area (TPSA) is 132 Å². The summed E-state index contributed by atoms with van der Waals surface area (Å²) in [5.41, 5.74) is 0.648. The van der Waals surface area contributed by atoms with Crippen LogP contribution in [0.1, 0.15) is 15.9 Å². The van der Waals surface area contributed by atoms with Gasteiger partial charge < -0.3 is 14.8 Å². The lowest BCUT2D eigenvalue weighted by Gasteiger charge is -2.13. The van der Waals surface area contributed by atoms with Crippen molar-refractivity contribution in [2.45, 2.75) is 0 Å². The molecule has 0 bridgehead atoms. The number of hydrogen-bond acceptors (Lipinski definition) is 7. The number of anilines is 1. The minimum atomic E-state index is -0.728. The van der Waals surface area contributed by atoms with Crippen molar-refractivity contribution < 1.29 is 24.0 Å². The number of nitro benzene ring substituents is 1. The van der Waals surface area contributed by atoms with Gasteiger partial charge in [-0.1, -0.05) is 36.4 Å². The van der Waals surface area contributed by atoms with Gasteiger partial charge in [-0.25, -0.2) is 4.79 Å². The fourth-order valence-electron chi connectivity index (χ4n) is 3.70. The van der Waals surface area contributed by atoms with Crippen LogP contribution in [0.15, 0.2) is 87.3 Å². The molecule has 0 fully saturated rings. The number of nitro groups is 1. The molecule has 1 amide bonds. The van der Waals surface area contributed by atoms with Crippen molar-refractivity contribution in [3.8, 4) is 17.6 Å². The number of methoxy groups -OCH3 is 1. The fourth-order valence-corrected chi connectivity index (χ4v) is 4.70. The molecule has 0 radical (unpaired) electrons. The summed E-state index contributed by atoms with van der Waals surface area (Å²) < 4.78 is 11.8. The van der Waals surface area contributed by atoms with Crippen LogP contribution in [-0.4, -0.2) is 23.9 Å². The Morgan fingerprint density at radius 3 is 2.46 bits per heavy atom. The van der Waals surface area contributed by atoms with E-state index in [0.717, 1.165) is 10.8 Å². The number of rotatable bonds is 7. The molecule has 0 aliphatic rings. The zero-order valence-electron chi connectivity index (χ0n) is 20.1. The number of nitrogens with zero attached hydrogens (tertiary/aromatic N) is 2. The fraction of sp³-hybridized carbons (Fsp3) is 0.0357. The molecule has 0 aliphatic heterocycles. The summed E-state index contributed by atoms with van der Waals surface area (Å²) in [6, 6.07) is 21.5. The highest BCUT2D eigenvalue weighted by Gasteiger charge is 2.20. The van der Waals surface area contributed by atoms with E-state index in [4.69, 9.17) is 9.47 Å². The van der Waals surface area contributed by atoms with Crippen molar-refractivity contribution in [3.05, 3.63) is 109 Å². The smallest absolute Gasteiger partial charge is 0.344 e. The number of hydrogen-bond donors (Lipinski definition) is 1. The van der Waals surface area contributed by atoms with Gasteiger partial charge in [-0.05, 0) is 78.5 Å².